The van der Waals surface area contributed by atoms with E-state index in [2.05, 4.69) is 20.1 Å². The number of benzene rings is 2. The first-order chi connectivity index (χ1) is 17.1. The molecule has 35 heavy (non-hydrogen) atoms. The van der Waals surface area contributed by atoms with Crippen LogP contribution in [-0.4, -0.2) is 48.9 Å². The number of hydrogen-bond donors (Lipinski definition) is 1. The van der Waals surface area contributed by atoms with E-state index in [-0.39, 0.29) is 6.73 Å². The Labute approximate surface area is 202 Å². The molecule has 0 aliphatic rings. The van der Waals surface area contributed by atoms with Gasteiger partial charge in [0.25, 0.3) is 0 Å². The van der Waals surface area contributed by atoms with Crippen LogP contribution in [-0.2, 0) is 20.3 Å². The highest BCUT2D eigenvalue weighted by molar-refractivity contribution is 5.82. The second-order valence-electron chi connectivity index (χ2n) is 7.98. The summed E-state index contributed by atoms with van der Waals surface area (Å²) in [5, 5.41) is 18.1. The summed E-state index contributed by atoms with van der Waals surface area (Å²) in [6, 6.07) is 13.5. The van der Waals surface area contributed by atoms with Crippen LogP contribution in [0.25, 0.3) is 22.3 Å². The van der Waals surface area contributed by atoms with E-state index in [9.17, 15) is 5.11 Å². The Kier molecular flexibility index (Phi) is 6.02. The van der Waals surface area contributed by atoms with E-state index >= 15 is 0 Å². The molecule has 0 aliphatic carbocycles. The molecule has 1 N–H and O–H groups in total. The van der Waals surface area contributed by atoms with Gasteiger partial charge in [-0.3, -0.25) is 9.67 Å². The summed E-state index contributed by atoms with van der Waals surface area (Å²) in [5.41, 5.74) is 5.73. The van der Waals surface area contributed by atoms with Crippen LogP contribution >= 0.6 is 0 Å². The molecule has 0 spiro atoms. The van der Waals surface area contributed by atoms with Crippen molar-refractivity contribution in [1.82, 2.24) is 29.5 Å². The zero-order valence-corrected chi connectivity index (χ0v) is 19.7. The van der Waals surface area contributed by atoms with Crippen molar-refractivity contribution in [2.45, 2.75) is 13.3 Å². The van der Waals surface area contributed by atoms with Crippen molar-refractivity contribution < 1.29 is 14.6 Å². The van der Waals surface area contributed by atoms with Gasteiger partial charge in [-0.2, -0.15) is 10.2 Å². The molecule has 0 bridgehead atoms. The van der Waals surface area contributed by atoms with Gasteiger partial charge in [0.05, 0.1) is 55.6 Å². The normalized spacial score (nSPS) is 11.1. The van der Waals surface area contributed by atoms with Gasteiger partial charge in [0.1, 0.15) is 18.2 Å². The molecule has 10 heteroatoms. The van der Waals surface area contributed by atoms with Gasteiger partial charge < -0.3 is 19.5 Å². The molecule has 0 atom stereocenters. The van der Waals surface area contributed by atoms with Crippen LogP contribution < -0.4 is 14.4 Å². The molecule has 3 aromatic heterocycles. The molecule has 0 saturated heterocycles. The van der Waals surface area contributed by atoms with Crippen molar-refractivity contribution in [2.24, 2.45) is 7.05 Å². The van der Waals surface area contributed by atoms with Crippen molar-refractivity contribution >= 4 is 22.4 Å². The lowest BCUT2D eigenvalue weighted by molar-refractivity contribution is 0.194. The number of aliphatic hydroxyl groups is 1. The SMILES string of the molecule is COc1cc(OC)cc(N(Cc2ccn(CO)n2)c2ccc3ncc(-c4cnn(C)c4)nc3c2)c1. The summed E-state index contributed by atoms with van der Waals surface area (Å²) in [7, 11) is 5.11. The Balaban J connectivity index is 1.61. The summed E-state index contributed by atoms with van der Waals surface area (Å²) in [6.07, 6.45) is 7.18. The van der Waals surface area contributed by atoms with E-state index in [0.29, 0.717) is 18.0 Å². The molecule has 0 saturated carbocycles. The Morgan fingerprint density at radius 3 is 2.40 bits per heavy atom. The van der Waals surface area contributed by atoms with Crippen LogP contribution in [0, 0.1) is 0 Å². The Hall–Kier alpha value is -4.44. The fourth-order valence-corrected chi connectivity index (χ4v) is 3.87. The average Bonchev–Trinajstić information content (AvgIpc) is 3.55. The lowest BCUT2D eigenvalue weighted by Crippen LogP contribution is -2.17. The minimum Gasteiger partial charge on any atom is -0.497 e. The number of aliphatic hydroxyl groups excluding tert-OH is 1. The zero-order chi connectivity index (χ0) is 24.4. The average molecular weight is 472 g/mol. The number of fused-ring (bicyclic) bond motifs is 1. The number of rotatable bonds is 8. The molecular weight excluding hydrogens is 446 g/mol. The molecule has 0 aliphatic heterocycles. The van der Waals surface area contributed by atoms with Crippen molar-refractivity contribution in [1.29, 1.82) is 0 Å². The van der Waals surface area contributed by atoms with Crippen LogP contribution in [0.4, 0.5) is 11.4 Å². The Bertz CT molecular complexity index is 1450. The minimum absolute atomic E-state index is 0.185. The van der Waals surface area contributed by atoms with Crippen molar-refractivity contribution in [2.75, 3.05) is 19.1 Å². The number of aromatic nitrogens is 6. The summed E-state index contributed by atoms with van der Waals surface area (Å²) in [4.78, 5) is 11.5. The number of ether oxygens (including phenoxy) is 2. The number of anilines is 2. The fraction of sp³-hybridized carbons (Fsp3) is 0.200. The first-order valence-corrected chi connectivity index (χ1v) is 11.0. The summed E-state index contributed by atoms with van der Waals surface area (Å²) < 4.78 is 14.2. The van der Waals surface area contributed by atoms with E-state index in [1.165, 1.54) is 4.68 Å². The van der Waals surface area contributed by atoms with E-state index in [1.807, 2.05) is 55.7 Å². The maximum atomic E-state index is 9.43. The molecule has 5 aromatic rings. The molecule has 3 heterocycles. The first-order valence-electron chi connectivity index (χ1n) is 11.0. The van der Waals surface area contributed by atoms with Crippen LogP contribution in [0.5, 0.6) is 11.5 Å². The molecule has 0 fully saturated rings. The van der Waals surface area contributed by atoms with E-state index < -0.39 is 0 Å². The second-order valence-corrected chi connectivity index (χ2v) is 7.98. The molecule has 178 valence electrons. The number of methoxy groups -OCH3 is 2. The number of hydrogen-bond acceptors (Lipinski definition) is 8. The van der Waals surface area contributed by atoms with Gasteiger partial charge in [0, 0.05) is 54.6 Å². The maximum absolute atomic E-state index is 9.43. The summed E-state index contributed by atoms with van der Waals surface area (Å²) in [5.74, 6) is 1.34. The fourth-order valence-electron chi connectivity index (χ4n) is 3.87. The maximum Gasteiger partial charge on any atom is 0.136 e. The van der Waals surface area contributed by atoms with Gasteiger partial charge in [-0.1, -0.05) is 0 Å². The van der Waals surface area contributed by atoms with Crippen LogP contribution in [0.3, 0.4) is 0 Å². The monoisotopic (exact) mass is 471 g/mol. The third-order valence-corrected chi connectivity index (χ3v) is 5.65. The first kappa shape index (κ1) is 22.4. The lowest BCUT2D eigenvalue weighted by Gasteiger charge is -2.25. The van der Waals surface area contributed by atoms with Crippen LogP contribution in [0.2, 0.25) is 0 Å². The quantitative estimate of drug-likeness (QED) is 0.367. The van der Waals surface area contributed by atoms with E-state index in [0.717, 1.165) is 39.4 Å². The van der Waals surface area contributed by atoms with Gasteiger partial charge in [-0.25, -0.2) is 9.67 Å². The third-order valence-electron chi connectivity index (χ3n) is 5.65. The second kappa shape index (κ2) is 9.43. The molecule has 2 aromatic carbocycles. The van der Waals surface area contributed by atoms with Gasteiger partial charge >= 0.3 is 0 Å². The highest BCUT2D eigenvalue weighted by atomic mass is 16.5. The van der Waals surface area contributed by atoms with Crippen molar-refractivity contribution in [3.8, 4) is 22.8 Å². The number of aryl methyl sites for hydroxylation is 1. The molecule has 0 unspecified atom stereocenters. The van der Waals surface area contributed by atoms with Crippen molar-refractivity contribution in [3.63, 3.8) is 0 Å². The number of nitrogens with zero attached hydrogens (tertiary/aromatic N) is 7. The van der Waals surface area contributed by atoms with Gasteiger partial charge in [0.15, 0.2) is 0 Å². The minimum atomic E-state index is -0.185. The predicted octanol–water partition coefficient (Wildman–Crippen LogP) is 3.53. The van der Waals surface area contributed by atoms with E-state index in [4.69, 9.17) is 14.5 Å². The lowest BCUT2D eigenvalue weighted by atomic mass is 10.1. The largest absolute Gasteiger partial charge is 0.497 e. The topological polar surface area (TPSA) is 103 Å². The molecule has 0 radical (unpaired) electrons. The standard InChI is InChI=1S/C25H25N7O3/c1-30-14-17(12-27-30)25-13-26-23-5-4-19(10-24(23)28-25)32(15-18-6-7-31(16-33)29-18)20-8-21(34-2)11-22(9-20)35-3/h4-14,33H,15-16H2,1-3H3. The molecular formula is C25H25N7O3. The zero-order valence-electron chi connectivity index (χ0n) is 19.7. The van der Waals surface area contributed by atoms with Crippen molar-refractivity contribution in [3.05, 3.63) is 72.9 Å². The summed E-state index contributed by atoms with van der Waals surface area (Å²) >= 11 is 0. The highest BCUT2D eigenvalue weighted by Gasteiger charge is 2.16. The van der Waals surface area contributed by atoms with Crippen LogP contribution in [0.15, 0.2) is 67.3 Å². The third kappa shape index (κ3) is 4.64. The van der Waals surface area contributed by atoms with E-state index in [1.54, 1.807) is 37.5 Å². The smallest absolute Gasteiger partial charge is 0.136 e. The summed E-state index contributed by atoms with van der Waals surface area (Å²) in [6.45, 7) is 0.264. The highest BCUT2D eigenvalue weighted by Crippen LogP contribution is 2.35. The van der Waals surface area contributed by atoms with Gasteiger partial charge in [-0.05, 0) is 24.3 Å². The Morgan fingerprint density at radius 2 is 1.74 bits per heavy atom. The Morgan fingerprint density at radius 1 is 0.943 bits per heavy atom. The van der Waals surface area contributed by atoms with Crippen LogP contribution in [0.1, 0.15) is 5.69 Å². The molecule has 0 amide bonds. The van der Waals surface area contributed by atoms with Gasteiger partial charge in [0.2, 0.25) is 0 Å². The predicted molar refractivity (Wildman–Crippen MR) is 132 cm³/mol. The molecule has 5 rings (SSSR count). The van der Waals surface area contributed by atoms with Gasteiger partial charge in [-0.15, -0.1) is 0 Å². The molecule has 10 nitrogen and oxygen atoms in total.